The molecule has 2 N–H and O–H groups in total. The molecule has 1 aromatic rings. The van der Waals surface area contributed by atoms with E-state index in [4.69, 9.17) is 4.74 Å². The highest BCUT2D eigenvalue weighted by Gasteiger charge is 2.26. The maximum Gasteiger partial charge on any atom is 0.147 e. The van der Waals surface area contributed by atoms with E-state index in [1.54, 1.807) is 7.11 Å². The summed E-state index contributed by atoms with van der Waals surface area (Å²) < 4.78 is 5.25. The molecule has 0 unspecified atom stereocenters. The molecule has 0 spiro atoms. The second-order valence-electron chi connectivity index (χ2n) is 3.32. The van der Waals surface area contributed by atoms with Crippen molar-refractivity contribution >= 4 is 24.8 Å². The Morgan fingerprint density at radius 3 is 2.60 bits per heavy atom. The number of aryl methyl sites for hydroxylation is 1. The zero-order valence-corrected chi connectivity index (χ0v) is 10.3. The summed E-state index contributed by atoms with van der Waals surface area (Å²) in [5.41, 5.74) is 0. The summed E-state index contributed by atoms with van der Waals surface area (Å²) in [4.78, 5) is 4.28. The lowest BCUT2D eigenvalue weighted by Crippen LogP contribution is -2.16. The van der Waals surface area contributed by atoms with E-state index in [1.807, 2.05) is 6.92 Å². The molecule has 88 valence electrons. The van der Waals surface area contributed by atoms with Gasteiger partial charge in [-0.15, -0.1) is 24.8 Å². The Hall–Kier alpha value is -0.360. The number of ether oxygens (including phenoxy) is 1. The van der Waals surface area contributed by atoms with E-state index < -0.39 is 0 Å². The van der Waals surface area contributed by atoms with Gasteiger partial charge in [-0.1, -0.05) is 0 Å². The lowest BCUT2D eigenvalue weighted by Gasteiger charge is -2.05. The molecule has 0 saturated carbocycles. The molecule has 2 heterocycles. The Morgan fingerprint density at radius 1 is 1.40 bits per heavy atom. The lowest BCUT2D eigenvalue weighted by atomic mass is 10.2. The van der Waals surface area contributed by atoms with Crippen molar-refractivity contribution in [3.63, 3.8) is 0 Å². The van der Waals surface area contributed by atoms with Crippen LogP contribution >= 0.6 is 24.8 Å². The molecule has 0 aromatic carbocycles. The minimum atomic E-state index is 0. The predicted octanol–water partition coefficient (Wildman–Crippen LogP) is 1.01. The van der Waals surface area contributed by atoms with Crippen LogP contribution in [0.4, 0.5) is 0 Å². The van der Waals surface area contributed by atoms with Crippen LogP contribution in [0.1, 0.15) is 24.1 Å². The quantitative estimate of drug-likeness (QED) is 0.827. The fourth-order valence-corrected chi connectivity index (χ4v) is 1.61. The average molecular weight is 255 g/mol. The number of aromatic amines is 1. The number of hydrogen-bond donors (Lipinski definition) is 2. The summed E-state index contributed by atoms with van der Waals surface area (Å²) in [6.07, 6.45) is 1.26. The molecule has 15 heavy (non-hydrogen) atoms. The molecule has 0 radical (unpaired) electrons. The number of hydrogen-bond acceptors (Lipinski definition) is 4. The fraction of sp³-hybridized carbons (Fsp3) is 0.750. The van der Waals surface area contributed by atoms with Gasteiger partial charge in [-0.05, 0) is 13.3 Å². The molecule has 7 heteroatoms. The van der Waals surface area contributed by atoms with Crippen molar-refractivity contribution in [2.24, 2.45) is 0 Å². The smallest absolute Gasteiger partial charge is 0.147 e. The zero-order chi connectivity index (χ0) is 9.26. The first-order chi connectivity index (χ1) is 6.29. The highest BCUT2D eigenvalue weighted by atomic mass is 35.5. The van der Waals surface area contributed by atoms with Gasteiger partial charge in [0, 0.05) is 13.7 Å². The SMILES string of the molecule is CO[C@H]1CN[C@H](c2nc(C)n[nH]2)C1.Cl.Cl. The maximum atomic E-state index is 5.25. The molecular formula is C8H16Cl2N4O. The molecule has 2 rings (SSSR count). The van der Waals surface area contributed by atoms with Gasteiger partial charge in [0.15, 0.2) is 0 Å². The normalized spacial score (nSPS) is 24.4. The van der Waals surface area contributed by atoms with E-state index in [1.165, 1.54) is 0 Å². The third-order valence-corrected chi connectivity index (χ3v) is 2.37. The molecule has 2 atom stereocenters. The highest BCUT2D eigenvalue weighted by Crippen LogP contribution is 2.21. The summed E-state index contributed by atoms with van der Waals surface area (Å²) in [5, 5.41) is 10.2. The van der Waals surface area contributed by atoms with Crippen molar-refractivity contribution in [2.45, 2.75) is 25.5 Å². The molecule has 1 aromatic heterocycles. The second-order valence-corrected chi connectivity index (χ2v) is 3.32. The van der Waals surface area contributed by atoms with Gasteiger partial charge in [0.05, 0.1) is 12.1 Å². The molecule has 1 saturated heterocycles. The molecule has 1 aliphatic rings. The molecule has 0 bridgehead atoms. The summed E-state index contributed by atoms with van der Waals surface area (Å²) in [6, 6.07) is 0.270. The Labute approximate surface area is 101 Å². The van der Waals surface area contributed by atoms with Crippen LogP contribution in [0.3, 0.4) is 0 Å². The van der Waals surface area contributed by atoms with Crippen LogP contribution in [0, 0.1) is 6.92 Å². The largest absolute Gasteiger partial charge is 0.380 e. The first kappa shape index (κ1) is 14.6. The average Bonchev–Trinajstić information content (AvgIpc) is 2.71. The molecular weight excluding hydrogens is 239 g/mol. The molecule has 0 amide bonds. The van der Waals surface area contributed by atoms with Gasteiger partial charge in [-0.25, -0.2) is 4.98 Å². The zero-order valence-electron chi connectivity index (χ0n) is 8.69. The second kappa shape index (κ2) is 6.27. The van der Waals surface area contributed by atoms with E-state index in [9.17, 15) is 0 Å². The number of methoxy groups -OCH3 is 1. The predicted molar refractivity (Wildman–Crippen MR) is 61.8 cm³/mol. The molecule has 1 aliphatic heterocycles. The fourth-order valence-electron chi connectivity index (χ4n) is 1.61. The van der Waals surface area contributed by atoms with Crippen LogP contribution in [0.2, 0.25) is 0 Å². The first-order valence-electron chi connectivity index (χ1n) is 4.44. The highest BCUT2D eigenvalue weighted by molar-refractivity contribution is 5.85. The molecule has 0 aliphatic carbocycles. The number of nitrogens with zero attached hydrogens (tertiary/aromatic N) is 2. The van der Waals surface area contributed by atoms with Crippen LogP contribution in [-0.4, -0.2) is 34.9 Å². The number of H-pyrrole nitrogens is 1. The Balaban J connectivity index is 0.000000980. The van der Waals surface area contributed by atoms with Crippen LogP contribution in [0.5, 0.6) is 0 Å². The monoisotopic (exact) mass is 254 g/mol. The minimum Gasteiger partial charge on any atom is -0.380 e. The van der Waals surface area contributed by atoms with Gasteiger partial charge >= 0.3 is 0 Å². The minimum absolute atomic E-state index is 0. The van der Waals surface area contributed by atoms with Crippen molar-refractivity contribution in [2.75, 3.05) is 13.7 Å². The molecule has 1 fully saturated rings. The van der Waals surface area contributed by atoms with Crippen molar-refractivity contribution in [3.8, 4) is 0 Å². The van der Waals surface area contributed by atoms with Crippen molar-refractivity contribution in [1.29, 1.82) is 0 Å². The summed E-state index contributed by atoms with van der Waals surface area (Å²) in [6.45, 7) is 2.77. The Morgan fingerprint density at radius 2 is 2.13 bits per heavy atom. The maximum absolute atomic E-state index is 5.25. The van der Waals surface area contributed by atoms with Crippen LogP contribution in [-0.2, 0) is 4.74 Å². The third-order valence-electron chi connectivity index (χ3n) is 2.37. The van der Waals surface area contributed by atoms with Crippen molar-refractivity contribution in [3.05, 3.63) is 11.6 Å². The van der Waals surface area contributed by atoms with Crippen LogP contribution in [0.15, 0.2) is 0 Å². The summed E-state index contributed by atoms with van der Waals surface area (Å²) in [5.74, 6) is 1.70. The van der Waals surface area contributed by atoms with E-state index in [-0.39, 0.29) is 30.9 Å². The summed E-state index contributed by atoms with van der Waals surface area (Å²) >= 11 is 0. The summed E-state index contributed by atoms with van der Waals surface area (Å²) in [7, 11) is 1.74. The number of aromatic nitrogens is 3. The van der Waals surface area contributed by atoms with Gasteiger partial charge < -0.3 is 10.1 Å². The molecule has 5 nitrogen and oxygen atoms in total. The van der Waals surface area contributed by atoms with Gasteiger partial charge in [-0.2, -0.15) is 5.10 Å². The van der Waals surface area contributed by atoms with E-state index in [0.29, 0.717) is 6.10 Å². The van der Waals surface area contributed by atoms with E-state index in [0.717, 1.165) is 24.6 Å². The van der Waals surface area contributed by atoms with Gasteiger partial charge in [0.2, 0.25) is 0 Å². The Bertz CT molecular complexity index is 294. The number of rotatable bonds is 2. The lowest BCUT2D eigenvalue weighted by molar-refractivity contribution is 0.117. The first-order valence-corrected chi connectivity index (χ1v) is 4.44. The number of halogens is 2. The van der Waals surface area contributed by atoms with E-state index in [2.05, 4.69) is 20.5 Å². The van der Waals surface area contributed by atoms with Gasteiger partial charge in [-0.3, -0.25) is 5.10 Å². The van der Waals surface area contributed by atoms with Crippen molar-refractivity contribution < 1.29 is 4.74 Å². The van der Waals surface area contributed by atoms with E-state index >= 15 is 0 Å². The third kappa shape index (κ3) is 3.31. The Kier molecular flexibility index (Phi) is 6.12. The van der Waals surface area contributed by atoms with Crippen LogP contribution < -0.4 is 5.32 Å². The number of nitrogens with one attached hydrogen (secondary N) is 2. The van der Waals surface area contributed by atoms with Gasteiger partial charge in [0.1, 0.15) is 11.6 Å². The topological polar surface area (TPSA) is 62.8 Å². The van der Waals surface area contributed by atoms with Gasteiger partial charge in [0.25, 0.3) is 0 Å². The van der Waals surface area contributed by atoms with Crippen LogP contribution in [0.25, 0.3) is 0 Å². The standard InChI is InChI=1S/C8H14N4O.2ClH/c1-5-10-8(12-11-5)7-3-6(13-2)4-9-7;;/h6-7,9H,3-4H2,1-2H3,(H,10,11,12);2*1H/t6-,7+;;/m1../s1. The van der Waals surface area contributed by atoms with Crippen molar-refractivity contribution in [1.82, 2.24) is 20.5 Å².